The number of methoxy groups -OCH3 is 1. The Kier molecular flexibility index (Phi) is 5.92. The minimum Gasteiger partial charge on any atom is -0.496 e. The molecule has 0 heterocycles. The lowest BCUT2D eigenvalue weighted by atomic mass is 9.97. The second kappa shape index (κ2) is 8.54. The molecule has 0 aliphatic rings. The van der Waals surface area contributed by atoms with Crippen molar-refractivity contribution in [2.75, 3.05) is 12.1 Å². The van der Waals surface area contributed by atoms with Gasteiger partial charge in [0.1, 0.15) is 5.75 Å². The fraction of sp³-hybridized carbons (Fsp3) is 0.208. The molecule has 0 aliphatic heterocycles. The van der Waals surface area contributed by atoms with E-state index in [1.54, 1.807) is 7.11 Å². The summed E-state index contributed by atoms with van der Waals surface area (Å²) in [5.41, 5.74) is 5.47. The van der Waals surface area contributed by atoms with Crippen molar-refractivity contribution in [3.8, 4) is 5.75 Å². The maximum atomic E-state index is 5.55. The summed E-state index contributed by atoms with van der Waals surface area (Å²) in [5, 5.41) is 6.78. The Hall–Kier alpha value is -3.07. The predicted molar refractivity (Wildman–Crippen MR) is 114 cm³/mol. The molecule has 3 aromatic rings. The topological polar surface area (TPSA) is 24.8 Å². The first kappa shape index (κ1) is 18.7. The molecule has 0 N–H and O–H groups in total. The molecule has 138 valence electrons. The number of rotatable bonds is 6. The van der Waals surface area contributed by atoms with Gasteiger partial charge in [0, 0.05) is 0 Å². The van der Waals surface area contributed by atoms with Crippen molar-refractivity contribution in [3.63, 3.8) is 0 Å². The molecule has 0 spiro atoms. The van der Waals surface area contributed by atoms with E-state index in [2.05, 4.69) is 57.2 Å². The molecule has 0 atom stereocenters. The van der Waals surface area contributed by atoms with Crippen LogP contribution < -0.4 is 9.75 Å². The van der Waals surface area contributed by atoms with Gasteiger partial charge in [-0.1, -0.05) is 50.2 Å². The van der Waals surface area contributed by atoms with Gasteiger partial charge in [-0.2, -0.15) is 5.10 Å². The summed E-state index contributed by atoms with van der Waals surface area (Å²) in [6.07, 6.45) is 1.93. The summed E-state index contributed by atoms with van der Waals surface area (Å²) in [7, 11) is 1.72. The molecule has 3 nitrogen and oxygen atoms in total. The zero-order chi connectivity index (χ0) is 19.2. The lowest BCUT2D eigenvalue weighted by Crippen LogP contribution is -2.09. The third-order valence-corrected chi connectivity index (χ3v) is 4.55. The lowest BCUT2D eigenvalue weighted by molar-refractivity contribution is 0.407. The van der Waals surface area contributed by atoms with Crippen molar-refractivity contribution >= 4 is 17.6 Å². The molecule has 0 fully saturated rings. The van der Waals surface area contributed by atoms with E-state index < -0.39 is 0 Å². The minimum absolute atomic E-state index is 0.382. The summed E-state index contributed by atoms with van der Waals surface area (Å²) in [4.78, 5) is 0. The zero-order valence-electron chi connectivity index (χ0n) is 16.4. The molecule has 0 aromatic heterocycles. The molecule has 0 saturated heterocycles. The van der Waals surface area contributed by atoms with Crippen LogP contribution >= 0.6 is 0 Å². The summed E-state index contributed by atoms with van der Waals surface area (Å²) >= 11 is 0. The molecule has 0 saturated carbocycles. The van der Waals surface area contributed by atoms with Crippen LogP contribution in [0, 0.1) is 6.92 Å². The van der Waals surface area contributed by atoms with Crippen LogP contribution in [0.2, 0.25) is 0 Å². The zero-order valence-corrected chi connectivity index (χ0v) is 16.4. The highest BCUT2D eigenvalue weighted by Crippen LogP contribution is 2.30. The summed E-state index contributed by atoms with van der Waals surface area (Å²) in [6.45, 7) is 6.44. The lowest BCUT2D eigenvalue weighted by Gasteiger charge is -2.20. The number of benzene rings is 3. The average molecular weight is 358 g/mol. The van der Waals surface area contributed by atoms with Crippen LogP contribution in [-0.4, -0.2) is 13.3 Å². The van der Waals surface area contributed by atoms with Gasteiger partial charge in [-0.3, -0.25) is 0 Å². The smallest absolute Gasteiger partial charge is 0.122 e. The van der Waals surface area contributed by atoms with Gasteiger partial charge in [-0.25, -0.2) is 5.01 Å². The van der Waals surface area contributed by atoms with Crippen molar-refractivity contribution in [2.45, 2.75) is 26.7 Å². The van der Waals surface area contributed by atoms with E-state index in [0.717, 1.165) is 28.3 Å². The van der Waals surface area contributed by atoms with E-state index >= 15 is 0 Å². The first-order chi connectivity index (χ1) is 13.1. The van der Waals surface area contributed by atoms with Gasteiger partial charge >= 0.3 is 0 Å². The first-order valence-electron chi connectivity index (χ1n) is 9.23. The Labute approximate surface area is 161 Å². The van der Waals surface area contributed by atoms with Crippen molar-refractivity contribution in [1.29, 1.82) is 0 Å². The molecule has 0 amide bonds. The second-order valence-electron chi connectivity index (χ2n) is 6.83. The van der Waals surface area contributed by atoms with Crippen LogP contribution in [0.4, 0.5) is 11.4 Å². The van der Waals surface area contributed by atoms with Gasteiger partial charge in [0.25, 0.3) is 0 Å². The van der Waals surface area contributed by atoms with Crippen molar-refractivity contribution in [3.05, 3.63) is 89.5 Å². The Balaban J connectivity index is 2.02. The molecule has 3 heteroatoms. The standard InChI is InChI=1S/C24H26N2O/c1-18(2)23-16-20(19(3)15-24(23)27-4)17-25-26(21-11-7-5-8-12-21)22-13-9-6-10-14-22/h5-18H,1-4H3. The van der Waals surface area contributed by atoms with Crippen LogP contribution in [0.3, 0.4) is 0 Å². The molecule has 0 radical (unpaired) electrons. The van der Waals surface area contributed by atoms with E-state index in [9.17, 15) is 0 Å². The molecule has 27 heavy (non-hydrogen) atoms. The molecule has 0 aliphatic carbocycles. The monoisotopic (exact) mass is 358 g/mol. The first-order valence-corrected chi connectivity index (χ1v) is 9.23. The van der Waals surface area contributed by atoms with Gasteiger partial charge in [0.2, 0.25) is 0 Å². The number of hydrogen-bond acceptors (Lipinski definition) is 3. The van der Waals surface area contributed by atoms with E-state index in [1.807, 2.05) is 47.6 Å². The normalized spacial score (nSPS) is 11.1. The summed E-state index contributed by atoms with van der Waals surface area (Å²) in [6, 6.07) is 24.6. The Bertz CT molecular complexity index is 863. The molecule has 0 bridgehead atoms. The Morgan fingerprint density at radius 2 is 1.44 bits per heavy atom. The maximum absolute atomic E-state index is 5.55. The molecule has 0 unspecified atom stereocenters. The van der Waals surface area contributed by atoms with Crippen LogP contribution in [0.25, 0.3) is 0 Å². The van der Waals surface area contributed by atoms with E-state index in [0.29, 0.717) is 5.92 Å². The maximum Gasteiger partial charge on any atom is 0.122 e. The highest BCUT2D eigenvalue weighted by molar-refractivity contribution is 5.84. The van der Waals surface area contributed by atoms with Crippen molar-refractivity contribution in [1.82, 2.24) is 0 Å². The van der Waals surface area contributed by atoms with Gasteiger partial charge in [0.15, 0.2) is 0 Å². The fourth-order valence-electron chi connectivity index (χ4n) is 3.02. The number of nitrogens with zero attached hydrogens (tertiary/aromatic N) is 2. The minimum atomic E-state index is 0.382. The highest BCUT2D eigenvalue weighted by atomic mass is 16.5. The quantitative estimate of drug-likeness (QED) is 0.381. The number of hydrogen-bond donors (Lipinski definition) is 0. The number of para-hydroxylation sites is 2. The Morgan fingerprint density at radius 1 is 0.889 bits per heavy atom. The molecular formula is C24H26N2O. The van der Waals surface area contributed by atoms with Crippen molar-refractivity contribution < 1.29 is 4.74 Å². The Morgan fingerprint density at radius 3 is 1.93 bits per heavy atom. The van der Waals surface area contributed by atoms with E-state index in [1.165, 1.54) is 5.56 Å². The van der Waals surface area contributed by atoms with Crippen molar-refractivity contribution in [2.24, 2.45) is 5.10 Å². The second-order valence-corrected chi connectivity index (χ2v) is 6.83. The highest BCUT2D eigenvalue weighted by Gasteiger charge is 2.11. The largest absolute Gasteiger partial charge is 0.496 e. The van der Waals surface area contributed by atoms with Crippen LogP contribution in [0.5, 0.6) is 5.75 Å². The SMILES string of the molecule is COc1cc(C)c(C=NN(c2ccccc2)c2ccccc2)cc1C(C)C. The predicted octanol–water partition coefficient (Wildman–Crippen LogP) is 6.30. The van der Waals surface area contributed by atoms with Crippen LogP contribution in [-0.2, 0) is 0 Å². The van der Waals surface area contributed by atoms with Gasteiger partial charge in [0.05, 0.1) is 24.7 Å². The number of ether oxygens (including phenoxy) is 1. The summed E-state index contributed by atoms with van der Waals surface area (Å²) in [5.74, 6) is 1.31. The number of aryl methyl sites for hydroxylation is 1. The van der Waals surface area contributed by atoms with E-state index in [4.69, 9.17) is 9.84 Å². The third kappa shape index (κ3) is 4.37. The van der Waals surface area contributed by atoms with Gasteiger partial charge in [-0.05, 0) is 65.9 Å². The average Bonchev–Trinajstić information content (AvgIpc) is 2.70. The van der Waals surface area contributed by atoms with Gasteiger partial charge in [-0.15, -0.1) is 0 Å². The number of anilines is 2. The molecule has 3 aromatic carbocycles. The molecular weight excluding hydrogens is 332 g/mol. The van der Waals surface area contributed by atoms with Gasteiger partial charge < -0.3 is 4.74 Å². The third-order valence-electron chi connectivity index (χ3n) is 4.55. The number of hydrazone groups is 1. The van der Waals surface area contributed by atoms with E-state index in [-0.39, 0.29) is 0 Å². The van der Waals surface area contributed by atoms with Crippen LogP contribution in [0.1, 0.15) is 36.5 Å². The summed E-state index contributed by atoms with van der Waals surface area (Å²) < 4.78 is 5.55. The molecule has 3 rings (SSSR count). The fourth-order valence-corrected chi connectivity index (χ4v) is 3.02. The van der Waals surface area contributed by atoms with Crippen LogP contribution in [0.15, 0.2) is 77.9 Å².